The standard InChI is InChI=1S/C19H14N4O4S/c1-10-2-7-13-16(8-10)28-19(21-13)22-18(26)15-9-14(23-27-15)17(25)20-11-3-5-12(24)6-4-11/h2-9,24H,1H3,(H,20,25)(H,21,22,26). The van der Waals surface area contributed by atoms with Gasteiger partial charge in [0, 0.05) is 11.8 Å². The molecule has 2 heterocycles. The molecule has 0 radical (unpaired) electrons. The largest absolute Gasteiger partial charge is 0.508 e. The first-order chi connectivity index (χ1) is 13.5. The molecule has 0 atom stereocenters. The zero-order valence-corrected chi connectivity index (χ0v) is 15.4. The molecule has 4 aromatic rings. The second kappa shape index (κ2) is 7.12. The molecular weight excluding hydrogens is 380 g/mol. The van der Waals surface area contributed by atoms with E-state index in [0.717, 1.165) is 15.8 Å². The SMILES string of the molecule is Cc1ccc2nc(NC(=O)c3cc(C(=O)Nc4ccc(O)cc4)no3)sc2c1. The highest BCUT2D eigenvalue weighted by Gasteiger charge is 2.19. The maximum absolute atomic E-state index is 12.4. The minimum absolute atomic E-state index is 0.0434. The number of amides is 2. The van der Waals surface area contributed by atoms with Gasteiger partial charge in [-0.2, -0.15) is 0 Å². The van der Waals surface area contributed by atoms with Crippen LogP contribution in [0.5, 0.6) is 5.75 Å². The molecule has 0 aliphatic rings. The number of rotatable bonds is 4. The van der Waals surface area contributed by atoms with E-state index in [1.54, 1.807) is 0 Å². The van der Waals surface area contributed by atoms with Crippen LogP contribution >= 0.6 is 11.3 Å². The lowest BCUT2D eigenvalue weighted by atomic mass is 10.2. The van der Waals surface area contributed by atoms with Gasteiger partial charge < -0.3 is 14.9 Å². The molecule has 4 rings (SSSR count). The number of anilines is 2. The number of carbonyl (C=O) groups excluding carboxylic acids is 2. The zero-order valence-electron chi connectivity index (χ0n) is 14.6. The first kappa shape index (κ1) is 17.7. The summed E-state index contributed by atoms with van der Waals surface area (Å²) in [5.41, 5.74) is 2.32. The summed E-state index contributed by atoms with van der Waals surface area (Å²) in [6.45, 7) is 1.98. The second-order valence-corrected chi connectivity index (χ2v) is 7.05. The number of phenolic OH excluding ortho intramolecular Hbond substituents is 1. The third kappa shape index (κ3) is 3.69. The molecule has 0 unspecified atom stereocenters. The van der Waals surface area contributed by atoms with Gasteiger partial charge in [-0.25, -0.2) is 4.98 Å². The molecule has 0 fully saturated rings. The molecule has 28 heavy (non-hydrogen) atoms. The first-order valence-electron chi connectivity index (χ1n) is 8.23. The lowest BCUT2D eigenvalue weighted by Crippen LogP contribution is -2.13. The predicted octanol–water partition coefficient (Wildman–Crippen LogP) is 3.80. The summed E-state index contributed by atoms with van der Waals surface area (Å²) in [7, 11) is 0. The predicted molar refractivity (Wildman–Crippen MR) is 105 cm³/mol. The molecule has 2 aromatic heterocycles. The van der Waals surface area contributed by atoms with Crippen LogP contribution in [0.4, 0.5) is 10.8 Å². The van der Waals surface area contributed by atoms with Crippen molar-refractivity contribution in [2.75, 3.05) is 10.6 Å². The Morgan fingerprint density at radius 2 is 1.82 bits per heavy atom. The molecule has 2 aromatic carbocycles. The maximum Gasteiger partial charge on any atom is 0.296 e. The van der Waals surface area contributed by atoms with Crippen LogP contribution < -0.4 is 10.6 Å². The van der Waals surface area contributed by atoms with Crippen LogP contribution in [0.15, 0.2) is 53.1 Å². The van der Waals surface area contributed by atoms with Gasteiger partial charge in [-0.1, -0.05) is 22.6 Å². The van der Waals surface area contributed by atoms with E-state index in [1.165, 1.54) is 41.7 Å². The van der Waals surface area contributed by atoms with Gasteiger partial charge >= 0.3 is 0 Å². The van der Waals surface area contributed by atoms with E-state index in [2.05, 4.69) is 20.8 Å². The van der Waals surface area contributed by atoms with Gasteiger partial charge in [-0.15, -0.1) is 0 Å². The molecular formula is C19H14N4O4S. The summed E-state index contributed by atoms with van der Waals surface area (Å²) >= 11 is 1.35. The van der Waals surface area contributed by atoms with Crippen molar-refractivity contribution in [3.63, 3.8) is 0 Å². The van der Waals surface area contributed by atoms with Crippen molar-refractivity contribution >= 4 is 44.2 Å². The number of hydrogen-bond acceptors (Lipinski definition) is 7. The highest BCUT2D eigenvalue weighted by atomic mass is 32.1. The molecule has 0 spiro atoms. The summed E-state index contributed by atoms with van der Waals surface area (Å²) in [5.74, 6) is -1.11. The number of aromatic hydroxyl groups is 1. The Morgan fingerprint density at radius 1 is 1.04 bits per heavy atom. The summed E-state index contributed by atoms with van der Waals surface area (Å²) in [6, 6.07) is 13.0. The molecule has 9 heteroatoms. The Morgan fingerprint density at radius 3 is 2.61 bits per heavy atom. The number of benzene rings is 2. The molecule has 140 valence electrons. The Bertz CT molecular complexity index is 1180. The van der Waals surface area contributed by atoms with E-state index in [1.807, 2.05) is 25.1 Å². The number of thiazole rings is 1. The van der Waals surface area contributed by atoms with Crippen LogP contribution in [0.1, 0.15) is 26.6 Å². The van der Waals surface area contributed by atoms with Crippen LogP contribution in [0.3, 0.4) is 0 Å². The van der Waals surface area contributed by atoms with Crippen molar-refractivity contribution in [3.05, 3.63) is 65.5 Å². The van der Waals surface area contributed by atoms with Crippen molar-refractivity contribution in [1.29, 1.82) is 0 Å². The summed E-state index contributed by atoms with van der Waals surface area (Å²) in [5, 5.41) is 18.6. The van der Waals surface area contributed by atoms with E-state index in [9.17, 15) is 14.7 Å². The number of aromatic nitrogens is 2. The minimum atomic E-state index is -0.549. The van der Waals surface area contributed by atoms with Gasteiger partial charge in [0.2, 0.25) is 5.76 Å². The van der Waals surface area contributed by atoms with Crippen molar-refractivity contribution in [1.82, 2.24) is 10.1 Å². The summed E-state index contributed by atoms with van der Waals surface area (Å²) < 4.78 is 5.94. The minimum Gasteiger partial charge on any atom is -0.508 e. The van der Waals surface area contributed by atoms with Gasteiger partial charge in [0.15, 0.2) is 10.8 Å². The van der Waals surface area contributed by atoms with Gasteiger partial charge in [0.25, 0.3) is 11.8 Å². The summed E-state index contributed by atoms with van der Waals surface area (Å²) in [6.07, 6.45) is 0. The smallest absolute Gasteiger partial charge is 0.296 e. The number of nitrogens with one attached hydrogen (secondary N) is 2. The molecule has 0 saturated heterocycles. The number of phenols is 1. The van der Waals surface area contributed by atoms with E-state index >= 15 is 0 Å². The molecule has 2 amide bonds. The van der Waals surface area contributed by atoms with Crippen LogP contribution in [-0.2, 0) is 0 Å². The third-order valence-corrected chi connectivity index (χ3v) is 4.79. The highest BCUT2D eigenvalue weighted by molar-refractivity contribution is 7.22. The molecule has 8 nitrogen and oxygen atoms in total. The molecule has 3 N–H and O–H groups in total. The monoisotopic (exact) mass is 394 g/mol. The van der Waals surface area contributed by atoms with Gasteiger partial charge in [-0.3, -0.25) is 14.9 Å². The fraction of sp³-hybridized carbons (Fsp3) is 0.0526. The molecule has 0 aliphatic carbocycles. The Labute approximate surface area is 162 Å². The molecule has 0 aliphatic heterocycles. The topological polar surface area (TPSA) is 117 Å². The zero-order chi connectivity index (χ0) is 19.7. The van der Waals surface area contributed by atoms with Crippen molar-refractivity contribution < 1.29 is 19.2 Å². The number of aryl methyl sites for hydroxylation is 1. The van der Waals surface area contributed by atoms with Gasteiger partial charge in [0.05, 0.1) is 10.2 Å². The Hall–Kier alpha value is -3.72. The van der Waals surface area contributed by atoms with Gasteiger partial charge in [-0.05, 0) is 48.9 Å². The third-order valence-electron chi connectivity index (χ3n) is 3.86. The fourth-order valence-electron chi connectivity index (χ4n) is 2.47. The normalized spacial score (nSPS) is 10.8. The van der Waals surface area contributed by atoms with Crippen LogP contribution in [0.25, 0.3) is 10.2 Å². The van der Waals surface area contributed by atoms with Crippen molar-refractivity contribution in [2.45, 2.75) is 6.92 Å². The number of carbonyl (C=O) groups is 2. The Kier molecular flexibility index (Phi) is 4.50. The van der Waals surface area contributed by atoms with E-state index in [4.69, 9.17) is 4.52 Å². The second-order valence-electron chi connectivity index (χ2n) is 6.02. The van der Waals surface area contributed by atoms with E-state index in [0.29, 0.717) is 10.8 Å². The van der Waals surface area contributed by atoms with Crippen molar-refractivity contribution in [3.8, 4) is 5.75 Å². The average molecular weight is 394 g/mol. The average Bonchev–Trinajstić information content (AvgIpc) is 3.30. The number of nitrogens with zero attached hydrogens (tertiary/aromatic N) is 2. The van der Waals surface area contributed by atoms with Crippen molar-refractivity contribution in [2.24, 2.45) is 0 Å². The quantitative estimate of drug-likeness (QED) is 0.453. The Balaban J connectivity index is 1.45. The fourth-order valence-corrected chi connectivity index (χ4v) is 3.43. The van der Waals surface area contributed by atoms with Crippen LogP contribution in [-0.4, -0.2) is 27.1 Å². The summed E-state index contributed by atoms with van der Waals surface area (Å²) in [4.78, 5) is 28.9. The lowest BCUT2D eigenvalue weighted by Gasteiger charge is -2.02. The highest BCUT2D eigenvalue weighted by Crippen LogP contribution is 2.27. The molecule has 0 saturated carbocycles. The number of hydrogen-bond donors (Lipinski definition) is 3. The van der Waals surface area contributed by atoms with Crippen LogP contribution in [0.2, 0.25) is 0 Å². The number of fused-ring (bicyclic) bond motifs is 1. The lowest BCUT2D eigenvalue weighted by molar-refractivity contribution is 0.0980. The van der Waals surface area contributed by atoms with E-state index in [-0.39, 0.29) is 17.2 Å². The van der Waals surface area contributed by atoms with Crippen LogP contribution in [0, 0.1) is 6.92 Å². The molecule has 0 bridgehead atoms. The first-order valence-corrected chi connectivity index (χ1v) is 9.05. The van der Waals surface area contributed by atoms with Gasteiger partial charge in [0.1, 0.15) is 5.75 Å². The van der Waals surface area contributed by atoms with E-state index < -0.39 is 11.8 Å². The maximum atomic E-state index is 12.4.